The molecule has 1 fully saturated rings. The summed E-state index contributed by atoms with van der Waals surface area (Å²) in [6, 6.07) is 4.46. The van der Waals surface area contributed by atoms with Crippen LogP contribution in [0.4, 0.5) is 10.3 Å². The van der Waals surface area contributed by atoms with Crippen molar-refractivity contribution in [3.63, 3.8) is 0 Å². The Morgan fingerprint density at radius 3 is 2.90 bits per heavy atom. The number of benzene rings is 1. The lowest BCUT2D eigenvalue weighted by Gasteiger charge is -2.20. The number of nitrogens with zero attached hydrogens (tertiary/aromatic N) is 3. The highest BCUT2D eigenvalue weighted by atomic mass is 19.1. The number of fused-ring (bicyclic) bond motifs is 1. The molecule has 20 heavy (non-hydrogen) atoms. The van der Waals surface area contributed by atoms with Crippen molar-refractivity contribution < 1.29 is 14.3 Å². The van der Waals surface area contributed by atoms with Crippen LogP contribution in [0.15, 0.2) is 18.2 Å². The van der Waals surface area contributed by atoms with E-state index in [4.69, 9.17) is 0 Å². The number of carbonyl (C=O) groups is 1. The second-order valence-corrected chi connectivity index (χ2v) is 5.64. The quantitative estimate of drug-likeness (QED) is 0.912. The maximum Gasteiger partial charge on any atom is 0.311 e. The number of carboxylic acids is 1. The van der Waals surface area contributed by atoms with Crippen molar-refractivity contribution in [2.45, 2.75) is 13.3 Å². The van der Waals surface area contributed by atoms with E-state index in [2.05, 4.69) is 4.98 Å². The summed E-state index contributed by atoms with van der Waals surface area (Å²) in [6.45, 7) is 2.81. The van der Waals surface area contributed by atoms with Gasteiger partial charge in [0.15, 0.2) is 0 Å². The normalized spacial score (nSPS) is 22.6. The third-order valence-electron chi connectivity index (χ3n) is 4.09. The predicted octanol–water partition coefficient (Wildman–Crippen LogP) is 2.01. The minimum atomic E-state index is -0.787. The highest BCUT2D eigenvalue weighted by Gasteiger charge is 2.41. The minimum absolute atomic E-state index is 0.302. The molecule has 1 atom stereocenters. The minimum Gasteiger partial charge on any atom is -0.481 e. The molecule has 3 rings (SSSR count). The number of aryl methyl sites for hydroxylation is 1. The summed E-state index contributed by atoms with van der Waals surface area (Å²) in [5, 5.41) is 9.28. The molecule has 1 N–H and O–H groups in total. The molecule has 1 unspecified atom stereocenters. The standard InChI is InChI=1S/C14H16FN3O2/c1-14(12(19)20)5-6-18(8-14)13-16-10-4-3-9(15)7-11(10)17(13)2/h3-4,7H,5-6,8H2,1-2H3,(H,19,20). The Kier molecular flexibility index (Phi) is 2.70. The van der Waals surface area contributed by atoms with Gasteiger partial charge in [0, 0.05) is 20.1 Å². The van der Waals surface area contributed by atoms with Crippen molar-refractivity contribution in [2.24, 2.45) is 12.5 Å². The van der Waals surface area contributed by atoms with Crippen LogP contribution in [0.2, 0.25) is 0 Å². The molecule has 2 aromatic rings. The van der Waals surface area contributed by atoms with Crippen LogP contribution in [0.1, 0.15) is 13.3 Å². The van der Waals surface area contributed by atoms with Crippen LogP contribution in [-0.2, 0) is 11.8 Å². The van der Waals surface area contributed by atoms with Gasteiger partial charge in [0.05, 0.1) is 16.4 Å². The number of hydrogen-bond acceptors (Lipinski definition) is 3. The maximum absolute atomic E-state index is 13.3. The predicted molar refractivity (Wildman–Crippen MR) is 73.2 cm³/mol. The number of aromatic nitrogens is 2. The molecule has 2 heterocycles. The van der Waals surface area contributed by atoms with Gasteiger partial charge < -0.3 is 14.6 Å². The van der Waals surface area contributed by atoms with E-state index in [1.165, 1.54) is 12.1 Å². The van der Waals surface area contributed by atoms with Crippen LogP contribution in [0.5, 0.6) is 0 Å². The second-order valence-electron chi connectivity index (χ2n) is 5.64. The number of rotatable bonds is 2. The van der Waals surface area contributed by atoms with Crippen LogP contribution in [0, 0.1) is 11.2 Å². The van der Waals surface area contributed by atoms with Crippen LogP contribution < -0.4 is 4.90 Å². The summed E-state index contributed by atoms with van der Waals surface area (Å²) < 4.78 is 15.1. The van der Waals surface area contributed by atoms with E-state index in [1.54, 1.807) is 13.0 Å². The van der Waals surface area contributed by atoms with Crippen molar-refractivity contribution in [3.8, 4) is 0 Å². The molecule has 1 saturated heterocycles. The average molecular weight is 277 g/mol. The molecule has 1 aliphatic heterocycles. The topological polar surface area (TPSA) is 58.4 Å². The van der Waals surface area contributed by atoms with Crippen LogP contribution in [0.3, 0.4) is 0 Å². The van der Waals surface area contributed by atoms with E-state index in [9.17, 15) is 14.3 Å². The van der Waals surface area contributed by atoms with Crippen molar-refractivity contribution in [1.29, 1.82) is 0 Å². The molecule has 1 aromatic carbocycles. The van der Waals surface area contributed by atoms with Gasteiger partial charge in [-0.2, -0.15) is 0 Å². The second kappa shape index (κ2) is 4.19. The molecule has 0 amide bonds. The molecule has 0 spiro atoms. The fourth-order valence-electron chi connectivity index (χ4n) is 2.74. The summed E-state index contributed by atoms with van der Waals surface area (Å²) in [5.74, 6) is -0.399. The van der Waals surface area contributed by atoms with E-state index < -0.39 is 11.4 Å². The van der Waals surface area contributed by atoms with Gasteiger partial charge in [-0.25, -0.2) is 9.37 Å². The number of anilines is 1. The van der Waals surface area contributed by atoms with Crippen molar-refractivity contribution in [2.75, 3.05) is 18.0 Å². The van der Waals surface area contributed by atoms with Crippen molar-refractivity contribution >= 4 is 23.0 Å². The summed E-state index contributed by atoms with van der Waals surface area (Å²) in [5.41, 5.74) is 0.681. The lowest BCUT2D eigenvalue weighted by Crippen LogP contribution is -2.32. The zero-order valence-corrected chi connectivity index (χ0v) is 11.4. The molecule has 5 nitrogen and oxygen atoms in total. The van der Waals surface area contributed by atoms with Gasteiger partial charge in [-0.3, -0.25) is 4.79 Å². The molecule has 6 heteroatoms. The van der Waals surface area contributed by atoms with Gasteiger partial charge in [-0.15, -0.1) is 0 Å². The molecule has 1 aromatic heterocycles. The number of hydrogen-bond donors (Lipinski definition) is 1. The molecular formula is C14H16FN3O2. The number of aliphatic carboxylic acids is 1. The molecule has 1 aliphatic rings. The van der Waals surface area contributed by atoms with Gasteiger partial charge in [0.1, 0.15) is 5.82 Å². The monoisotopic (exact) mass is 277 g/mol. The Morgan fingerprint density at radius 2 is 2.25 bits per heavy atom. The number of carboxylic acid groups (broad SMARTS) is 1. The van der Waals surface area contributed by atoms with Crippen molar-refractivity contribution in [3.05, 3.63) is 24.0 Å². The third kappa shape index (κ3) is 1.83. The van der Waals surface area contributed by atoms with Crippen LogP contribution in [-0.4, -0.2) is 33.7 Å². The van der Waals surface area contributed by atoms with Gasteiger partial charge in [0.25, 0.3) is 0 Å². The Labute approximate surface area is 115 Å². The first-order valence-electron chi connectivity index (χ1n) is 6.51. The van der Waals surface area contributed by atoms with E-state index in [-0.39, 0.29) is 5.82 Å². The lowest BCUT2D eigenvalue weighted by atomic mass is 9.90. The largest absolute Gasteiger partial charge is 0.481 e. The molecular weight excluding hydrogens is 261 g/mol. The van der Waals surface area contributed by atoms with Gasteiger partial charge in [0.2, 0.25) is 5.95 Å². The maximum atomic E-state index is 13.3. The fraction of sp³-hybridized carbons (Fsp3) is 0.429. The Bertz CT molecular complexity index is 697. The van der Waals surface area contributed by atoms with E-state index >= 15 is 0 Å². The molecule has 0 bridgehead atoms. The first-order valence-corrected chi connectivity index (χ1v) is 6.51. The molecule has 0 saturated carbocycles. The average Bonchev–Trinajstić information content (AvgIpc) is 2.93. The fourth-order valence-corrected chi connectivity index (χ4v) is 2.74. The highest BCUT2D eigenvalue weighted by molar-refractivity contribution is 5.80. The van der Waals surface area contributed by atoms with Gasteiger partial charge >= 0.3 is 5.97 Å². The number of imidazole rings is 1. The molecule has 0 radical (unpaired) electrons. The summed E-state index contributed by atoms with van der Waals surface area (Å²) in [7, 11) is 1.82. The van der Waals surface area contributed by atoms with E-state index in [0.717, 1.165) is 0 Å². The van der Waals surface area contributed by atoms with Gasteiger partial charge in [-0.05, 0) is 31.5 Å². The SMILES string of the molecule is Cn1c(N2CCC(C)(C(=O)O)C2)nc2ccc(F)cc21. The van der Waals surface area contributed by atoms with Gasteiger partial charge in [-0.1, -0.05) is 0 Å². The smallest absolute Gasteiger partial charge is 0.311 e. The van der Waals surface area contributed by atoms with Crippen LogP contribution >= 0.6 is 0 Å². The summed E-state index contributed by atoms with van der Waals surface area (Å²) >= 11 is 0. The zero-order valence-electron chi connectivity index (χ0n) is 11.4. The van der Waals surface area contributed by atoms with Crippen molar-refractivity contribution in [1.82, 2.24) is 9.55 Å². The highest BCUT2D eigenvalue weighted by Crippen LogP contribution is 2.34. The Hall–Kier alpha value is -2.11. The molecule has 106 valence electrons. The van der Waals surface area contributed by atoms with E-state index in [1.807, 2.05) is 16.5 Å². The Morgan fingerprint density at radius 1 is 1.50 bits per heavy atom. The first kappa shape index (κ1) is 12.9. The zero-order chi connectivity index (χ0) is 14.5. The Balaban J connectivity index is 2.00. The third-order valence-corrected chi connectivity index (χ3v) is 4.09. The number of halogens is 1. The van der Waals surface area contributed by atoms with E-state index in [0.29, 0.717) is 36.5 Å². The molecule has 0 aliphatic carbocycles. The lowest BCUT2D eigenvalue weighted by molar-refractivity contribution is -0.146. The summed E-state index contributed by atoms with van der Waals surface area (Å²) in [6.07, 6.45) is 0.583. The first-order chi connectivity index (χ1) is 9.40. The summed E-state index contributed by atoms with van der Waals surface area (Å²) in [4.78, 5) is 17.7. The van der Waals surface area contributed by atoms with Crippen LogP contribution in [0.25, 0.3) is 11.0 Å².